The summed E-state index contributed by atoms with van der Waals surface area (Å²) in [5, 5.41) is 2.68. The fourth-order valence-corrected chi connectivity index (χ4v) is 2.40. The Morgan fingerprint density at radius 2 is 1.75 bits per heavy atom. The van der Waals surface area contributed by atoms with Crippen LogP contribution in [0.1, 0.15) is 37.2 Å². The lowest BCUT2D eigenvalue weighted by molar-refractivity contribution is 0.0749. The van der Waals surface area contributed by atoms with Crippen LogP contribution in [0.4, 0.5) is 20.2 Å². The predicted octanol–water partition coefficient (Wildman–Crippen LogP) is 4.37. The first-order valence-corrected chi connectivity index (χ1v) is 8.03. The molecule has 0 saturated heterocycles. The molecule has 1 amide bonds. The van der Waals surface area contributed by atoms with Crippen LogP contribution in [0, 0.1) is 11.6 Å². The predicted molar refractivity (Wildman–Crippen MR) is 90.4 cm³/mol. The Hall–Kier alpha value is -2.50. The number of anilines is 2. The molecule has 0 saturated carbocycles. The van der Waals surface area contributed by atoms with E-state index in [9.17, 15) is 13.6 Å². The quantitative estimate of drug-likeness (QED) is 0.818. The molecule has 1 heterocycles. The van der Waals surface area contributed by atoms with E-state index < -0.39 is 11.6 Å². The largest absolute Gasteiger partial charge is 0.351 e. The standard InChI is InChI=1S/C18H21F2N3O/c1-3-10-23(11-4-2)18(24)16-12-13(8-9-21-16)22-17-14(19)6-5-7-15(17)20/h5-9,12H,3-4,10-11H2,1-2H3,(H,21,22). The molecule has 6 heteroatoms. The Morgan fingerprint density at radius 3 is 2.33 bits per heavy atom. The number of amides is 1. The van der Waals surface area contributed by atoms with Crippen molar-refractivity contribution in [2.24, 2.45) is 0 Å². The molecule has 1 N–H and O–H groups in total. The molecule has 0 fully saturated rings. The van der Waals surface area contributed by atoms with Crippen molar-refractivity contribution in [3.8, 4) is 0 Å². The monoisotopic (exact) mass is 333 g/mol. The molecule has 0 aliphatic rings. The summed E-state index contributed by atoms with van der Waals surface area (Å²) < 4.78 is 27.5. The summed E-state index contributed by atoms with van der Waals surface area (Å²) >= 11 is 0. The molecule has 1 aromatic heterocycles. The second kappa shape index (κ2) is 8.38. The highest BCUT2D eigenvalue weighted by molar-refractivity contribution is 5.93. The smallest absolute Gasteiger partial charge is 0.272 e. The number of nitrogens with one attached hydrogen (secondary N) is 1. The van der Waals surface area contributed by atoms with E-state index in [0.717, 1.165) is 12.8 Å². The van der Waals surface area contributed by atoms with Gasteiger partial charge in [-0.05, 0) is 37.1 Å². The number of carbonyl (C=O) groups excluding carboxylic acids is 1. The Bertz CT molecular complexity index is 680. The van der Waals surface area contributed by atoms with Crippen LogP contribution in [-0.4, -0.2) is 28.9 Å². The highest BCUT2D eigenvalue weighted by atomic mass is 19.1. The van der Waals surface area contributed by atoms with Crippen LogP contribution < -0.4 is 5.32 Å². The zero-order valence-corrected chi connectivity index (χ0v) is 13.9. The summed E-state index contributed by atoms with van der Waals surface area (Å²) in [6.45, 7) is 5.30. The maximum atomic E-state index is 13.7. The highest BCUT2D eigenvalue weighted by Gasteiger charge is 2.16. The van der Waals surface area contributed by atoms with Gasteiger partial charge in [0, 0.05) is 25.0 Å². The summed E-state index contributed by atoms with van der Waals surface area (Å²) in [5.74, 6) is -1.58. The summed E-state index contributed by atoms with van der Waals surface area (Å²) in [5.41, 5.74) is 0.407. The van der Waals surface area contributed by atoms with Crippen molar-refractivity contribution < 1.29 is 13.6 Å². The number of pyridine rings is 1. The van der Waals surface area contributed by atoms with Gasteiger partial charge in [-0.15, -0.1) is 0 Å². The van der Waals surface area contributed by atoms with Crippen LogP contribution >= 0.6 is 0 Å². The van der Waals surface area contributed by atoms with Gasteiger partial charge in [0.2, 0.25) is 0 Å². The molecule has 24 heavy (non-hydrogen) atoms. The zero-order valence-electron chi connectivity index (χ0n) is 13.9. The Balaban J connectivity index is 2.23. The second-order valence-electron chi connectivity index (χ2n) is 5.44. The molecule has 1 aromatic carbocycles. The van der Waals surface area contributed by atoms with Gasteiger partial charge in [-0.1, -0.05) is 19.9 Å². The number of carbonyl (C=O) groups is 1. The molecule has 4 nitrogen and oxygen atoms in total. The van der Waals surface area contributed by atoms with Gasteiger partial charge in [0.05, 0.1) is 0 Å². The number of halogens is 2. The third kappa shape index (κ3) is 4.28. The molecule has 0 aliphatic heterocycles. The molecule has 0 atom stereocenters. The maximum absolute atomic E-state index is 13.7. The van der Waals surface area contributed by atoms with Gasteiger partial charge in [-0.2, -0.15) is 0 Å². The van der Waals surface area contributed by atoms with E-state index in [-0.39, 0.29) is 17.3 Å². The van der Waals surface area contributed by atoms with Crippen molar-refractivity contribution in [2.75, 3.05) is 18.4 Å². The van der Waals surface area contributed by atoms with E-state index in [0.29, 0.717) is 18.8 Å². The molecule has 0 spiro atoms. The van der Waals surface area contributed by atoms with E-state index in [1.54, 1.807) is 11.0 Å². The van der Waals surface area contributed by atoms with E-state index in [1.165, 1.54) is 30.5 Å². The summed E-state index contributed by atoms with van der Waals surface area (Å²) in [6.07, 6.45) is 3.15. The number of rotatable bonds is 7. The normalized spacial score (nSPS) is 10.5. The molecule has 2 rings (SSSR count). The first-order chi connectivity index (χ1) is 11.6. The zero-order chi connectivity index (χ0) is 17.5. The van der Waals surface area contributed by atoms with Crippen molar-refractivity contribution in [3.63, 3.8) is 0 Å². The van der Waals surface area contributed by atoms with Crippen LogP contribution in [0.25, 0.3) is 0 Å². The van der Waals surface area contributed by atoms with Crippen molar-refractivity contribution >= 4 is 17.3 Å². The first-order valence-electron chi connectivity index (χ1n) is 8.03. The molecular formula is C18H21F2N3O. The number of hydrogen-bond acceptors (Lipinski definition) is 3. The van der Waals surface area contributed by atoms with E-state index in [4.69, 9.17) is 0 Å². The second-order valence-corrected chi connectivity index (χ2v) is 5.44. The van der Waals surface area contributed by atoms with Crippen LogP contribution in [0.2, 0.25) is 0 Å². The van der Waals surface area contributed by atoms with Gasteiger partial charge in [-0.3, -0.25) is 9.78 Å². The SMILES string of the molecule is CCCN(CCC)C(=O)c1cc(Nc2c(F)cccc2F)ccn1. The lowest BCUT2D eigenvalue weighted by atomic mass is 10.2. The number of hydrogen-bond donors (Lipinski definition) is 1. The maximum Gasteiger partial charge on any atom is 0.272 e. The summed E-state index contributed by atoms with van der Waals surface area (Å²) in [4.78, 5) is 18.4. The Kier molecular flexibility index (Phi) is 6.23. The minimum Gasteiger partial charge on any atom is -0.351 e. The van der Waals surface area contributed by atoms with E-state index in [1.807, 2.05) is 13.8 Å². The number of benzene rings is 1. The minimum absolute atomic E-state index is 0.184. The van der Waals surface area contributed by atoms with Crippen molar-refractivity contribution in [2.45, 2.75) is 26.7 Å². The van der Waals surface area contributed by atoms with Crippen molar-refractivity contribution in [1.82, 2.24) is 9.88 Å². The van der Waals surface area contributed by atoms with Gasteiger partial charge in [0.15, 0.2) is 0 Å². The van der Waals surface area contributed by atoms with Gasteiger partial charge < -0.3 is 10.2 Å². The minimum atomic E-state index is -0.696. The first kappa shape index (κ1) is 17.8. The van der Waals surface area contributed by atoms with Crippen LogP contribution in [0.15, 0.2) is 36.5 Å². The van der Waals surface area contributed by atoms with Crippen molar-refractivity contribution in [3.05, 3.63) is 53.9 Å². The third-order valence-corrected chi connectivity index (χ3v) is 3.49. The van der Waals surface area contributed by atoms with Gasteiger partial charge >= 0.3 is 0 Å². The lowest BCUT2D eigenvalue weighted by Crippen LogP contribution is -2.33. The molecular weight excluding hydrogens is 312 g/mol. The molecule has 0 unspecified atom stereocenters. The van der Waals surface area contributed by atoms with Crippen LogP contribution in [-0.2, 0) is 0 Å². The van der Waals surface area contributed by atoms with Gasteiger partial charge in [-0.25, -0.2) is 8.78 Å². The van der Waals surface area contributed by atoms with Gasteiger partial charge in [0.1, 0.15) is 23.0 Å². The van der Waals surface area contributed by atoms with E-state index >= 15 is 0 Å². The van der Waals surface area contributed by atoms with E-state index in [2.05, 4.69) is 10.3 Å². The van der Waals surface area contributed by atoms with Gasteiger partial charge in [0.25, 0.3) is 5.91 Å². The topological polar surface area (TPSA) is 45.2 Å². The lowest BCUT2D eigenvalue weighted by Gasteiger charge is -2.21. The molecule has 0 radical (unpaired) electrons. The molecule has 0 bridgehead atoms. The summed E-state index contributed by atoms with van der Waals surface area (Å²) in [7, 11) is 0. The van der Waals surface area contributed by atoms with Crippen molar-refractivity contribution in [1.29, 1.82) is 0 Å². The number of para-hydroxylation sites is 1. The summed E-state index contributed by atoms with van der Waals surface area (Å²) in [6, 6.07) is 6.70. The number of aromatic nitrogens is 1. The fraction of sp³-hybridized carbons (Fsp3) is 0.333. The highest BCUT2D eigenvalue weighted by Crippen LogP contribution is 2.23. The fourth-order valence-electron chi connectivity index (χ4n) is 2.40. The van der Waals surface area contributed by atoms with Crippen LogP contribution in [0.5, 0.6) is 0 Å². The van der Waals surface area contributed by atoms with Crippen LogP contribution in [0.3, 0.4) is 0 Å². The Morgan fingerprint density at radius 1 is 1.12 bits per heavy atom. The Labute approximate surface area is 140 Å². The average Bonchev–Trinajstić information content (AvgIpc) is 2.58. The molecule has 2 aromatic rings. The molecule has 128 valence electrons. The average molecular weight is 333 g/mol. The third-order valence-electron chi connectivity index (χ3n) is 3.49. The molecule has 0 aliphatic carbocycles. The number of nitrogens with zero attached hydrogens (tertiary/aromatic N) is 2.